The summed E-state index contributed by atoms with van der Waals surface area (Å²) in [6, 6.07) is 8.64. The van der Waals surface area contributed by atoms with Crippen LogP contribution in [0.4, 0.5) is 5.69 Å². The third kappa shape index (κ3) is 2.84. The molecule has 0 spiro atoms. The molecule has 4 nitrogen and oxygen atoms in total. The van der Waals surface area contributed by atoms with Gasteiger partial charge in [-0.2, -0.15) is 0 Å². The summed E-state index contributed by atoms with van der Waals surface area (Å²) in [4.78, 5) is 13.2. The average molecular weight is 266 g/mol. The van der Waals surface area contributed by atoms with E-state index in [0.717, 1.165) is 12.0 Å². The van der Waals surface area contributed by atoms with Gasteiger partial charge in [-0.3, -0.25) is 4.79 Å². The maximum absolute atomic E-state index is 11.3. The molecule has 1 N–H and O–H groups in total. The number of anilines is 1. The monoisotopic (exact) mass is 265 g/mol. The van der Waals surface area contributed by atoms with Crippen molar-refractivity contribution in [1.29, 1.82) is 0 Å². The van der Waals surface area contributed by atoms with Crippen molar-refractivity contribution in [2.75, 3.05) is 11.9 Å². The number of aromatic hydroxyl groups is 1. The van der Waals surface area contributed by atoms with Crippen LogP contribution in [-0.2, 0) is 6.54 Å². The van der Waals surface area contributed by atoms with E-state index in [0.29, 0.717) is 17.3 Å². The van der Waals surface area contributed by atoms with E-state index < -0.39 is 5.43 Å². The Hall–Kier alpha value is -1.94. The molecule has 0 bridgehead atoms. The van der Waals surface area contributed by atoms with Crippen molar-refractivity contribution in [2.24, 2.45) is 0 Å². The topological polar surface area (TPSA) is 53.7 Å². The van der Waals surface area contributed by atoms with E-state index in [1.165, 1.54) is 6.07 Å². The summed E-state index contributed by atoms with van der Waals surface area (Å²) >= 11 is 5.90. The maximum Gasteiger partial charge on any atom is 0.226 e. The zero-order valence-corrected chi connectivity index (χ0v) is 10.5. The molecule has 0 unspecified atom stereocenters. The molecule has 1 aromatic carbocycles. The molecule has 94 valence electrons. The Balaban J connectivity index is 2.18. The lowest BCUT2D eigenvalue weighted by atomic mass is 10.3. The van der Waals surface area contributed by atoms with Gasteiger partial charge in [0, 0.05) is 23.8 Å². The van der Waals surface area contributed by atoms with Crippen LogP contribution in [0.3, 0.4) is 0 Å². The Bertz CT molecular complexity index is 609. The molecule has 18 heavy (non-hydrogen) atoms. The van der Waals surface area contributed by atoms with Gasteiger partial charge in [0.2, 0.25) is 5.43 Å². The van der Waals surface area contributed by atoms with Gasteiger partial charge in [-0.25, -0.2) is 0 Å². The first-order chi connectivity index (χ1) is 8.56. The molecule has 5 heteroatoms. The second kappa shape index (κ2) is 5.14. The molecule has 0 saturated heterocycles. The SMILES string of the molecule is CN(Cc1cc(=O)c(O)co1)c1cccc(Cl)c1. The minimum atomic E-state index is -0.448. The predicted octanol–water partition coefficient (Wildman–Crippen LogP) is 2.64. The number of hydrogen-bond donors (Lipinski definition) is 1. The minimum Gasteiger partial charge on any atom is -0.502 e. The fourth-order valence-corrected chi connectivity index (χ4v) is 1.75. The van der Waals surface area contributed by atoms with E-state index in [-0.39, 0.29) is 5.75 Å². The van der Waals surface area contributed by atoms with Crippen LogP contribution in [0, 0.1) is 0 Å². The fraction of sp³-hybridized carbons (Fsp3) is 0.154. The van der Waals surface area contributed by atoms with E-state index in [4.69, 9.17) is 21.1 Å². The number of halogens is 1. The highest BCUT2D eigenvalue weighted by Crippen LogP contribution is 2.19. The number of nitrogens with zero attached hydrogens (tertiary/aromatic N) is 1. The third-order valence-corrected chi connectivity index (χ3v) is 2.74. The first kappa shape index (κ1) is 12.5. The summed E-state index contributed by atoms with van der Waals surface area (Å²) in [7, 11) is 1.86. The lowest BCUT2D eigenvalue weighted by Gasteiger charge is -2.18. The van der Waals surface area contributed by atoms with Crippen LogP contribution in [0.15, 0.2) is 45.8 Å². The second-order valence-electron chi connectivity index (χ2n) is 3.93. The molecule has 2 rings (SSSR count). The normalized spacial score (nSPS) is 10.3. The molecule has 0 aliphatic rings. The molecule has 1 aromatic heterocycles. The Kier molecular flexibility index (Phi) is 3.58. The van der Waals surface area contributed by atoms with Crippen molar-refractivity contribution >= 4 is 17.3 Å². The van der Waals surface area contributed by atoms with Crippen molar-refractivity contribution in [1.82, 2.24) is 0 Å². The molecule has 0 amide bonds. The molecule has 0 aliphatic carbocycles. The zero-order chi connectivity index (χ0) is 13.1. The van der Waals surface area contributed by atoms with Gasteiger partial charge >= 0.3 is 0 Å². The van der Waals surface area contributed by atoms with Gasteiger partial charge in [-0.1, -0.05) is 17.7 Å². The van der Waals surface area contributed by atoms with Crippen LogP contribution in [0.2, 0.25) is 5.02 Å². The number of hydrogen-bond acceptors (Lipinski definition) is 4. The van der Waals surface area contributed by atoms with Crippen molar-refractivity contribution in [3.63, 3.8) is 0 Å². The maximum atomic E-state index is 11.3. The zero-order valence-electron chi connectivity index (χ0n) is 9.76. The van der Waals surface area contributed by atoms with E-state index in [9.17, 15) is 4.79 Å². The Morgan fingerprint density at radius 2 is 2.17 bits per heavy atom. The predicted molar refractivity (Wildman–Crippen MR) is 70.2 cm³/mol. The quantitative estimate of drug-likeness (QED) is 0.927. The molecule has 0 atom stereocenters. The first-order valence-electron chi connectivity index (χ1n) is 5.33. The van der Waals surface area contributed by atoms with Crippen molar-refractivity contribution < 1.29 is 9.52 Å². The summed E-state index contributed by atoms with van der Waals surface area (Å²) in [5.74, 6) is 0.0874. The van der Waals surface area contributed by atoms with Crippen LogP contribution in [-0.4, -0.2) is 12.2 Å². The minimum absolute atomic E-state index is 0.385. The number of benzene rings is 1. The lowest BCUT2D eigenvalue weighted by Crippen LogP contribution is -2.17. The lowest BCUT2D eigenvalue weighted by molar-refractivity contribution is 0.412. The van der Waals surface area contributed by atoms with E-state index >= 15 is 0 Å². The van der Waals surface area contributed by atoms with Crippen LogP contribution >= 0.6 is 11.6 Å². The molecule has 0 radical (unpaired) electrons. The highest BCUT2D eigenvalue weighted by Gasteiger charge is 2.06. The summed E-state index contributed by atoms with van der Waals surface area (Å²) in [5, 5.41) is 9.74. The molecule has 0 fully saturated rings. The molecule has 0 saturated carbocycles. The molecular weight excluding hydrogens is 254 g/mol. The largest absolute Gasteiger partial charge is 0.502 e. The molecule has 0 aliphatic heterocycles. The van der Waals surface area contributed by atoms with Crippen LogP contribution in [0.5, 0.6) is 5.75 Å². The highest BCUT2D eigenvalue weighted by atomic mass is 35.5. The standard InChI is InChI=1S/C13H12ClNO3/c1-15(10-4-2-3-9(14)5-10)7-11-6-12(16)13(17)8-18-11/h2-6,8,17H,7H2,1H3. The van der Waals surface area contributed by atoms with Crippen molar-refractivity contribution in [3.05, 3.63) is 57.6 Å². The van der Waals surface area contributed by atoms with Gasteiger partial charge in [0.05, 0.1) is 6.54 Å². The van der Waals surface area contributed by atoms with Crippen LogP contribution < -0.4 is 10.3 Å². The molecule has 2 aromatic rings. The summed E-state index contributed by atoms with van der Waals surface area (Å²) in [6.07, 6.45) is 1.05. The Labute approximate surface area is 109 Å². The second-order valence-corrected chi connectivity index (χ2v) is 4.37. The Morgan fingerprint density at radius 1 is 1.39 bits per heavy atom. The van der Waals surface area contributed by atoms with E-state index in [1.807, 2.05) is 30.1 Å². The summed E-state index contributed by atoms with van der Waals surface area (Å²) in [6.45, 7) is 0.413. The van der Waals surface area contributed by atoms with Gasteiger partial charge in [0.1, 0.15) is 12.0 Å². The molecule has 1 heterocycles. The third-order valence-electron chi connectivity index (χ3n) is 2.51. The van der Waals surface area contributed by atoms with E-state index in [1.54, 1.807) is 6.07 Å². The Morgan fingerprint density at radius 3 is 2.83 bits per heavy atom. The van der Waals surface area contributed by atoms with Gasteiger partial charge in [0.15, 0.2) is 5.75 Å². The number of rotatable bonds is 3. The van der Waals surface area contributed by atoms with Gasteiger partial charge in [0.25, 0.3) is 0 Å². The van der Waals surface area contributed by atoms with Crippen molar-refractivity contribution in [3.8, 4) is 5.75 Å². The van der Waals surface area contributed by atoms with Crippen molar-refractivity contribution in [2.45, 2.75) is 6.54 Å². The van der Waals surface area contributed by atoms with Crippen LogP contribution in [0.25, 0.3) is 0 Å². The van der Waals surface area contributed by atoms with Gasteiger partial charge in [-0.15, -0.1) is 0 Å². The highest BCUT2D eigenvalue weighted by molar-refractivity contribution is 6.30. The van der Waals surface area contributed by atoms with Gasteiger partial charge in [-0.05, 0) is 18.2 Å². The summed E-state index contributed by atoms with van der Waals surface area (Å²) < 4.78 is 5.14. The average Bonchev–Trinajstić information content (AvgIpc) is 2.34. The smallest absolute Gasteiger partial charge is 0.226 e. The summed E-state index contributed by atoms with van der Waals surface area (Å²) in [5.41, 5.74) is 0.467. The van der Waals surface area contributed by atoms with E-state index in [2.05, 4.69) is 0 Å². The van der Waals surface area contributed by atoms with Gasteiger partial charge < -0.3 is 14.4 Å². The fourth-order valence-electron chi connectivity index (χ4n) is 1.57. The van der Waals surface area contributed by atoms with Crippen LogP contribution in [0.1, 0.15) is 5.76 Å². The molecular formula is C13H12ClNO3. The first-order valence-corrected chi connectivity index (χ1v) is 5.71.